The highest BCUT2D eigenvalue weighted by molar-refractivity contribution is 5.92. The Labute approximate surface area is 107 Å². The fourth-order valence-corrected chi connectivity index (χ4v) is 2.35. The molecular weight excluding hydrogens is 224 g/mol. The largest absolute Gasteiger partial charge is 0.478 e. The van der Waals surface area contributed by atoms with Crippen LogP contribution in [0.25, 0.3) is 11.1 Å². The smallest absolute Gasteiger partial charge is 0.336 e. The maximum Gasteiger partial charge on any atom is 0.336 e. The summed E-state index contributed by atoms with van der Waals surface area (Å²) in [5.74, 6) is -0.860. The van der Waals surface area contributed by atoms with Gasteiger partial charge in [0.15, 0.2) is 0 Å². The summed E-state index contributed by atoms with van der Waals surface area (Å²) in [6, 6.07) is 12.0. The zero-order valence-corrected chi connectivity index (χ0v) is 10.8. The minimum absolute atomic E-state index is 0.410. The zero-order valence-electron chi connectivity index (χ0n) is 10.8. The molecule has 0 unspecified atom stereocenters. The Morgan fingerprint density at radius 2 is 1.50 bits per heavy atom. The van der Waals surface area contributed by atoms with Crippen LogP contribution < -0.4 is 0 Å². The molecule has 0 spiro atoms. The minimum Gasteiger partial charge on any atom is -0.478 e. The SMILES string of the molecule is Cc1ccccc1-c1cc(C)c(C(=O)O)c(C)c1. The molecule has 0 saturated carbocycles. The highest BCUT2D eigenvalue weighted by Crippen LogP contribution is 2.27. The molecule has 0 radical (unpaired) electrons. The van der Waals surface area contributed by atoms with Gasteiger partial charge in [0.05, 0.1) is 5.56 Å². The van der Waals surface area contributed by atoms with Crippen LogP contribution in [0.4, 0.5) is 0 Å². The lowest BCUT2D eigenvalue weighted by molar-refractivity contribution is 0.0695. The second-order valence-electron chi connectivity index (χ2n) is 4.61. The standard InChI is InChI=1S/C16H16O2/c1-10-6-4-5-7-14(10)13-8-11(2)15(16(17)18)12(3)9-13/h4-9H,1-3H3,(H,17,18). The first-order valence-electron chi connectivity index (χ1n) is 5.91. The molecule has 2 aromatic rings. The molecule has 2 aromatic carbocycles. The number of carbonyl (C=O) groups is 1. The number of benzene rings is 2. The predicted octanol–water partition coefficient (Wildman–Crippen LogP) is 3.98. The Hall–Kier alpha value is -2.09. The van der Waals surface area contributed by atoms with E-state index >= 15 is 0 Å². The maximum absolute atomic E-state index is 11.2. The summed E-state index contributed by atoms with van der Waals surface area (Å²) in [7, 11) is 0. The van der Waals surface area contributed by atoms with Crippen LogP contribution >= 0.6 is 0 Å². The summed E-state index contributed by atoms with van der Waals surface area (Å²) in [5, 5.41) is 9.16. The minimum atomic E-state index is -0.860. The number of carboxylic acids is 1. The van der Waals surface area contributed by atoms with Gasteiger partial charge in [0.2, 0.25) is 0 Å². The van der Waals surface area contributed by atoms with Gasteiger partial charge in [0.1, 0.15) is 0 Å². The molecule has 18 heavy (non-hydrogen) atoms. The molecule has 0 atom stereocenters. The Kier molecular flexibility index (Phi) is 3.19. The summed E-state index contributed by atoms with van der Waals surface area (Å²) in [4.78, 5) is 11.2. The first-order chi connectivity index (χ1) is 8.50. The molecular formula is C16H16O2. The van der Waals surface area contributed by atoms with Crippen LogP contribution in [-0.2, 0) is 0 Å². The van der Waals surface area contributed by atoms with E-state index in [2.05, 4.69) is 19.1 Å². The highest BCUT2D eigenvalue weighted by atomic mass is 16.4. The molecule has 0 aliphatic rings. The molecule has 0 heterocycles. The lowest BCUT2D eigenvalue weighted by atomic mass is 9.93. The van der Waals surface area contributed by atoms with Crippen LogP contribution in [0, 0.1) is 20.8 Å². The van der Waals surface area contributed by atoms with E-state index < -0.39 is 5.97 Å². The van der Waals surface area contributed by atoms with Crippen molar-refractivity contribution in [1.29, 1.82) is 0 Å². The first-order valence-corrected chi connectivity index (χ1v) is 5.91. The van der Waals surface area contributed by atoms with Gasteiger partial charge in [-0.3, -0.25) is 0 Å². The van der Waals surface area contributed by atoms with Crippen LogP contribution in [0.15, 0.2) is 36.4 Å². The van der Waals surface area contributed by atoms with Crippen LogP contribution in [0.2, 0.25) is 0 Å². The van der Waals surface area contributed by atoms with Gasteiger partial charge >= 0.3 is 5.97 Å². The van der Waals surface area contributed by atoms with Crippen molar-refractivity contribution in [2.24, 2.45) is 0 Å². The molecule has 2 rings (SSSR count). The lowest BCUT2D eigenvalue weighted by Gasteiger charge is -2.11. The normalized spacial score (nSPS) is 10.4. The zero-order chi connectivity index (χ0) is 13.3. The van der Waals surface area contributed by atoms with E-state index in [1.165, 1.54) is 5.56 Å². The number of hydrogen-bond donors (Lipinski definition) is 1. The molecule has 1 N–H and O–H groups in total. The number of hydrogen-bond acceptors (Lipinski definition) is 1. The van der Waals surface area contributed by atoms with E-state index in [1.807, 2.05) is 38.1 Å². The van der Waals surface area contributed by atoms with Crippen molar-refractivity contribution in [1.82, 2.24) is 0 Å². The van der Waals surface area contributed by atoms with Crippen molar-refractivity contribution in [3.8, 4) is 11.1 Å². The summed E-state index contributed by atoms with van der Waals surface area (Å²) >= 11 is 0. The quantitative estimate of drug-likeness (QED) is 0.862. The fourth-order valence-electron chi connectivity index (χ4n) is 2.35. The molecule has 2 heteroatoms. The third-order valence-corrected chi connectivity index (χ3v) is 3.20. The molecule has 0 bridgehead atoms. The first kappa shape index (κ1) is 12.4. The summed E-state index contributed by atoms with van der Waals surface area (Å²) < 4.78 is 0. The predicted molar refractivity (Wildman–Crippen MR) is 73.0 cm³/mol. The van der Waals surface area contributed by atoms with Crippen molar-refractivity contribution < 1.29 is 9.90 Å². The summed E-state index contributed by atoms with van der Waals surface area (Å²) in [5.41, 5.74) is 5.45. The van der Waals surface area contributed by atoms with Crippen molar-refractivity contribution in [3.05, 3.63) is 58.7 Å². The maximum atomic E-state index is 11.2. The summed E-state index contributed by atoms with van der Waals surface area (Å²) in [6.07, 6.45) is 0. The lowest BCUT2D eigenvalue weighted by Crippen LogP contribution is -2.03. The van der Waals surface area contributed by atoms with E-state index in [1.54, 1.807) is 0 Å². The molecule has 0 amide bonds. The van der Waals surface area contributed by atoms with Gasteiger partial charge in [-0.2, -0.15) is 0 Å². The molecule has 0 aliphatic carbocycles. The van der Waals surface area contributed by atoms with Crippen LogP contribution in [0.3, 0.4) is 0 Å². The number of rotatable bonds is 2. The van der Waals surface area contributed by atoms with Crippen molar-refractivity contribution >= 4 is 5.97 Å². The second kappa shape index (κ2) is 4.65. The number of aryl methyl sites for hydroxylation is 3. The van der Waals surface area contributed by atoms with Crippen LogP contribution in [0.5, 0.6) is 0 Å². The molecule has 0 aromatic heterocycles. The van der Waals surface area contributed by atoms with E-state index in [0.717, 1.165) is 22.3 Å². The molecule has 0 saturated heterocycles. The van der Waals surface area contributed by atoms with Gasteiger partial charge in [0, 0.05) is 0 Å². The molecule has 92 valence electrons. The van der Waals surface area contributed by atoms with Gasteiger partial charge in [-0.1, -0.05) is 36.4 Å². The second-order valence-corrected chi connectivity index (χ2v) is 4.61. The van der Waals surface area contributed by atoms with Gasteiger partial charge in [-0.05, 0) is 48.6 Å². The van der Waals surface area contributed by atoms with E-state index in [9.17, 15) is 4.79 Å². The van der Waals surface area contributed by atoms with E-state index in [4.69, 9.17) is 5.11 Å². The van der Waals surface area contributed by atoms with Crippen molar-refractivity contribution in [2.75, 3.05) is 0 Å². The van der Waals surface area contributed by atoms with E-state index in [-0.39, 0.29) is 0 Å². The van der Waals surface area contributed by atoms with Gasteiger partial charge < -0.3 is 5.11 Å². The average molecular weight is 240 g/mol. The Morgan fingerprint density at radius 1 is 0.944 bits per heavy atom. The molecule has 2 nitrogen and oxygen atoms in total. The monoisotopic (exact) mass is 240 g/mol. The Morgan fingerprint density at radius 3 is 2.00 bits per heavy atom. The third kappa shape index (κ3) is 2.14. The van der Waals surface area contributed by atoms with Gasteiger partial charge in [-0.15, -0.1) is 0 Å². The Balaban J connectivity index is 2.62. The number of carboxylic acid groups (broad SMARTS) is 1. The third-order valence-electron chi connectivity index (χ3n) is 3.20. The highest BCUT2D eigenvalue weighted by Gasteiger charge is 2.13. The Bertz CT molecular complexity index is 589. The van der Waals surface area contributed by atoms with Gasteiger partial charge in [0.25, 0.3) is 0 Å². The van der Waals surface area contributed by atoms with Crippen molar-refractivity contribution in [2.45, 2.75) is 20.8 Å². The topological polar surface area (TPSA) is 37.3 Å². The van der Waals surface area contributed by atoms with Gasteiger partial charge in [-0.25, -0.2) is 4.79 Å². The fraction of sp³-hybridized carbons (Fsp3) is 0.188. The van der Waals surface area contributed by atoms with Crippen LogP contribution in [0.1, 0.15) is 27.0 Å². The van der Waals surface area contributed by atoms with E-state index in [0.29, 0.717) is 5.56 Å². The van der Waals surface area contributed by atoms with Crippen LogP contribution in [-0.4, -0.2) is 11.1 Å². The number of aromatic carboxylic acids is 1. The van der Waals surface area contributed by atoms with Crippen molar-refractivity contribution in [3.63, 3.8) is 0 Å². The molecule has 0 fully saturated rings. The molecule has 0 aliphatic heterocycles. The average Bonchev–Trinajstić information content (AvgIpc) is 2.27. The summed E-state index contributed by atoms with van der Waals surface area (Å²) in [6.45, 7) is 5.75.